The Morgan fingerprint density at radius 1 is 1.50 bits per heavy atom. The first-order valence-electron chi connectivity index (χ1n) is 5.66. The second-order valence-electron chi connectivity index (χ2n) is 4.19. The number of nitrogens with zero attached hydrogens (tertiary/aromatic N) is 1. The van der Waals surface area contributed by atoms with Gasteiger partial charge in [0.2, 0.25) is 0 Å². The van der Waals surface area contributed by atoms with Crippen LogP contribution in [-0.2, 0) is 0 Å². The quantitative estimate of drug-likeness (QED) is 0.718. The maximum atomic E-state index is 5.57. The van der Waals surface area contributed by atoms with Crippen LogP contribution in [0.1, 0.15) is 13.3 Å². The summed E-state index contributed by atoms with van der Waals surface area (Å²) in [5.41, 5.74) is 8.76. The smallest absolute Gasteiger partial charge is 0.0931 e. The van der Waals surface area contributed by atoms with E-state index in [1.807, 2.05) is 6.07 Å². The second-order valence-corrected chi connectivity index (χ2v) is 4.19. The minimum absolute atomic E-state index is 0.573. The number of anilines is 1. The van der Waals surface area contributed by atoms with E-state index in [2.05, 4.69) is 34.3 Å². The van der Waals surface area contributed by atoms with Crippen LogP contribution in [0, 0.1) is 5.92 Å². The van der Waals surface area contributed by atoms with Crippen molar-refractivity contribution in [2.75, 3.05) is 18.4 Å². The van der Waals surface area contributed by atoms with E-state index in [0.29, 0.717) is 5.92 Å². The minimum Gasteiger partial charge on any atom is -0.385 e. The molecule has 0 radical (unpaired) electrons. The van der Waals surface area contributed by atoms with E-state index in [4.69, 9.17) is 5.73 Å². The fourth-order valence-corrected chi connectivity index (χ4v) is 1.63. The average Bonchev–Trinajstić information content (AvgIpc) is 2.76. The molecule has 0 aliphatic rings. The van der Waals surface area contributed by atoms with Crippen LogP contribution in [0.3, 0.4) is 0 Å². The first-order valence-corrected chi connectivity index (χ1v) is 5.66. The summed E-state index contributed by atoms with van der Waals surface area (Å²) in [6.07, 6.45) is 2.81. The predicted octanol–water partition coefficient (Wildman–Crippen LogP) is 1.96. The first kappa shape index (κ1) is 11.0. The number of H-pyrrole nitrogens is 1. The van der Waals surface area contributed by atoms with Gasteiger partial charge in [0.25, 0.3) is 0 Å². The number of aromatic nitrogens is 2. The zero-order chi connectivity index (χ0) is 11.4. The summed E-state index contributed by atoms with van der Waals surface area (Å²) in [5.74, 6) is 0.573. The summed E-state index contributed by atoms with van der Waals surface area (Å²) in [6, 6.07) is 6.15. The van der Waals surface area contributed by atoms with Gasteiger partial charge in [0.05, 0.1) is 17.4 Å². The SMILES string of the molecule is CC(CN)CCNc1ccc2nc[nH]c2c1. The number of hydrogen-bond acceptors (Lipinski definition) is 3. The van der Waals surface area contributed by atoms with E-state index in [0.717, 1.165) is 36.2 Å². The van der Waals surface area contributed by atoms with Crippen molar-refractivity contribution < 1.29 is 0 Å². The molecule has 1 atom stereocenters. The Hall–Kier alpha value is -1.55. The number of nitrogens with one attached hydrogen (secondary N) is 2. The van der Waals surface area contributed by atoms with Crippen molar-refractivity contribution in [2.45, 2.75) is 13.3 Å². The van der Waals surface area contributed by atoms with E-state index < -0.39 is 0 Å². The van der Waals surface area contributed by atoms with E-state index in [1.165, 1.54) is 0 Å². The number of aromatic amines is 1. The molecule has 0 saturated carbocycles. The van der Waals surface area contributed by atoms with Crippen molar-refractivity contribution in [1.29, 1.82) is 0 Å². The highest BCUT2D eigenvalue weighted by atomic mass is 14.9. The number of hydrogen-bond donors (Lipinski definition) is 3. The topological polar surface area (TPSA) is 66.7 Å². The third-order valence-corrected chi connectivity index (χ3v) is 2.79. The molecule has 0 saturated heterocycles. The van der Waals surface area contributed by atoms with Crippen molar-refractivity contribution in [3.63, 3.8) is 0 Å². The van der Waals surface area contributed by atoms with Crippen LogP contribution in [0.5, 0.6) is 0 Å². The molecule has 2 rings (SSSR count). The van der Waals surface area contributed by atoms with E-state index in [9.17, 15) is 0 Å². The maximum Gasteiger partial charge on any atom is 0.0931 e. The van der Waals surface area contributed by atoms with E-state index >= 15 is 0 Å². The van der Waals surface area contributed by atoms with Crippen LogP contribution >= 0.6 is 0 Å². The van der Waals surface area contributed by atoms with Gasteiger partial charge in [-0.3, -0.25) is 0 Å². The van der Waals surface area contributed by atoms with Crippen LogP contribution < -0.4 is 11.1 Å². The third-order valence-electron chi connectivity index (χ3n) is 2.79. The lowest BCUT2D eigenvalue weighted by Crippen LogP contribution is -2.14. The van der Waals surface area contributed by atoms with Gasteiger partial charge in [-0.25, -0.2) is 4.98 Å². The minimum atomic E-state index is 0.573. The second kappa shape index (κ2) is 4.99. The molecular formula is C12H18N4. The lowest BCUT2D eigenvalue weighted by molar-refractivity contribution is 0.561. The lowest BCUT2D eigenvalue weighted by atomic mass is 10.1. The Balaban J connectivity index is 1.93. The largest absolute Gasteiger partial charge is 0.385 e. The van der Waals surface area contributed by atoms with Crippen LogP contribution in [-0.4, -0.2) is 23.1 Å². The molecule has 1 unspecified atom stereocenters. The van der Waals surface area contributed by atoms with Gasteiger partial charge in [-0.2, -0.15) is 0 Å². The van der Waals surface area contributed by atoms with E-state index in [1.54, 1.807) is 6.33 Å². The summed E-state index contributed by atoms with van der Waals surface area (Å²) in [4.78, 5) is 7.28. The summed E-state index contributed by atoms with van der Waals surface area (Å²) >= 11 is 0. The molecule has 1 heterocycles. The van der Waals surface area contributed by atoms with Gasteiger partial charge in [-0.05, 0) is 37.1 Å². The maximum absolute atomic E-state index is 5.57. The fraction of sp³-hybridized carbons (Fsp3) is 0.417. The Morgan fingerprint density at radius 3 is 3.19 bits per heavy atom. The van der Waals surface area contributed by atoms with Gasteiger partial charge in [0, 0.05) is 12.2 Å². The highest BCUT2D eigenvalue weighted by Gasteiger charge is 2.00. The van der Waals surface area contributed by atoms with Crippen molar-refractivity contribution in [3.8, 4) is 0 Å². The van der Waals surface area contributed by atoms with E-state index in [-0.39, 0.29) is 0 Å². The Morgan fingerprint density at radius 2 is 2.38 bits per heavy atom. The molecule has 0 aliphatic heterocycles. The first-order chi connectivity index (χ1) is 7.79. The Kier molecular flexibility index (Phi) is 3.41. The molecule has 4 N–H and O–H groups in total. The molecule has 0 fully saturated rings. The monoisotopic (exact) mass is 218 g/mol. The highest BCUT2D eigenvalue weighted by Crippen LogP contribution is 2.15. The highest BCUT2D eigenvalue weighted by molar-refractivity contribution is 5.78. The molecule has 0 bridgehead atoms. The van der Waals surface area contributed by atoms with Gasteiger partial charge in [0.1, 0.15) is 0 Å². The molecule has 0 aliphatic carbocycles. The zero-order valence-corrected chi connectivity index (χ0v) is 9.53. The standard InChI is InChI=1S/C12H18N4/c1-9(7-13)4-5-14-10-2-3-11-12(6-10)16-8-15-11/h2-3,6,8-9,14H,4-5,7,13H2,1H3,(H,15,16). The van der Waals surface area contributed by atoms with Gasteiger partial charge < -0.3 is 16.0 Å². The summed E-state index contributed by atoms with van der Waals surface area (Å²) < 4.78 is 0. The molecule has 0 spiro atoms. The van der Waals surface area contributed by atoms with Crippen molar-refractivity contribution >= 4 is 16.7 Å². The van der Waals surface area contributed by atoms with Gasteiger partial charge in [-0.1, -0.05) is 6.92 Å². The van der Waals surface area contributed by atoms with Crippen molar-refractivity contribution in [2.24, 2.45) is 11.7 Å². The molecular weight excluding hydrogens is 200 g/mol. The lowest BCUT2D eigenvalue weighted by Gasteiger charge is -2.10. The number of imidazole rings is 1. The average molecular weight is 218 g/mol. The van der Waals surface area contributed by atoms with Crippen molar-refractivity contribution in [1.82, 2.24) is 9.97 Å². The van der Waals surface area contributed by atoms with Crippen LogP contribution in [0.25, 0.3) is 11.0 Å². The zero-order valence-electron chi connectivity index (χ0n) is 9.53. The summed E-state index contributed by atoms with van der Waals surface area (Å²) in [5, 5.41) is 3.39. The number of fused-ring (bicyclic) bond motifs is 1. The third kappa shape index (κ3) is 2.52. The Labute approximate surface area is 95.3 Å². The Bertz CT molecular complexity index is 449. The number of benzene rings is 1. The number of rotatable bonds is 5. The van der Waals surface area contributed by atoms with Crippen LogP contribution in [0.4, 0.5) is 5.69 Å². The number of nitrogens with two attached hydrogens (primary N) is 1. The normalized spacial score (nSPS) is 12.9. The molecule has 1 aromatic carbocycles. The summed E-state index contributed by atoms with van der Waals surface area (Å²) in [7, 11) is 0. The fourth-order valence-electron chi connectivity index (χ4n) is 1.63. The molecule has 86 valence electrons. The van der Waals surface area contributed by atoms with Crippen molar-refractivity contribution in [3.05, 3.63) is 24.5 Å². The molecule has 2 aromatic rings. The summed E-state index contributed by atoms with van der Waals surface area (Å²) in [6.45, 7) is 3.87. The molecule has 0 amide bonds. The van der Waals surface area contributed by atoms with Gasteiger partial charge in [0.15, 0.2) is 0 Å². The molecule has 1 aromatic heterocycles. The van der Waals surface area contributed by atoms with Gasteiger partial charge >= 0.3 is 0 Å². The van der Waals surface area contributed by atoms with Crippen LogP contribution in [0.15, 0.2) is 24.5 Å². The molecule has 16 heavy (non-hydrogen) atoms. The molecule has 4 heteroatoms. The predicted molar refractivity (Wildman–Crippen MR) is 67.4 cm³/mol. The molecule has 4 nitrogen and oxygen atoms in total. The van der Waals surface area contributed by atoms with Gasteiger partial charge in [-0.15, -0.1) is 0 Å². The van der Waals surface area contributed by atoms with Crippen LogP contribution in [0.2, 0.25) is 0 Å².